The molecule has 1 unspecified atom stereocenters. The number of hydrogen-bond donors (Lipinski definition) is 0. The van der Waals surface area contributed by atoms with Gasteiger partial charge in [0.25, 0.3) is 0 Å². The zero-order chi connectivity index (χ0) is 46.3. The Hall–Kier alpha value is -2.14. The highest BCUT2D eigenvalue weighted by Gasteiger charge is 2.17. The summed E-state index contributed by atoms with van der Waals surface area (Å²) in [5.74, 6) is -0.416. The van der Waals surface area contributed by atoms with Gasteiger partial charge in [0.2, 0.25) is 0 Å². The smallest absolute Gasteiger partial charge is 0.306 e. The number of allylic oxidation sites excluding steroid dienone is 8. The lowest BCUT2D eigenvalue weighted by molar-refractivity contribution is -0.163. The molecule has 0 rings (SSSR count). The highest BCUT2D eigenvalue weighted by molar-refractivity contribution is 5.70. The molecule has 0 aromatic heterocycles. The zero-order valence-corrected chi connectivity index (χ0v) is 43.1. The van der Waals surface area contributed by atoms with Gasteiger partial charge in [-0.3, -0.25) is 9.59 Å². The molecule has 0 bridgehead atoms. The lowest BCUT2D eigenvalue weighted by atomic mass is 10.0. The molecule has 0 aromatic carbocycles. The van der Waals surface area contributed by atoms with E-state index in [9.17, 15) is 9.59 Å². The van der Waals surface area contributed by atoms with Crippen LogP contribution in [0.2, 0.25) is 0 Å². The van der Waals surface area contributed by atoms with Crippen LogP contribution in [0.3, 0.4) is 0 Å². The van der Waals surface area contributed by atoms with E-state index >= 15 is 0 Å². The zero-order valence-electron chi connectivity index (χ0n) is 43.1. The van der Waals surface area contributed by atoms with Gasteiger partial charge in [0.15, 0.2) is 6.10 Å². The Labute approximate surface area is 399 Å². The topological polar surface area (TPSA) is 61.8 Å². The van der Waals surface area contributed by atoms with Gasteiger partial charge in [-0.2, -0.15) is 0 Å². The van der Waals surface area contributed by atoms with Crippen molar-refractivity contribution < 1.29 is 23.8 Å². The molecule has 0 aromatic rings. The molecular formula is C59H108O5. The molecule has 0 saturated carbocycles. The first kappa shape index (κ1) is 61.9. The number of hydrogen-bond acceptors (Lipinski definition) is 5. The fraction of sp³-hybridized carbons (Fsp3) is 0.831. The Kier molecular flexibility index (Phi) is 53.3. The molecule has 64 heavy (non-hydrogen) atoms. The molecule has 0 aliphatic heterocycles. The number of unbranched alkanes of at least 4 members (excludes halogenated alkanes) is 33. The molecule has 0 heterocycles. The summed E-state index contributed by atoms with van der Waals surface area (Å²) in [6.07, 6.45) is 68.4. The van der Waals surface area contributed by atoms with Crippen LogP contribution in [0.4, 0.5) is 0 Å². The second-order valence-electron chi connectivity index (χ2n) is 18.8. The minimum absolute atomic E-state index is 0.0755. The highest BCUT2D eigenvalue weighted by Crippen LogP contribution is 2.16. The standard InChI is InChI=1S/C59H108O5/c1-4-7-10-13-16-19-22-25-28-29-30-33-36-39-42-45-48-51-54-62-55-57(64-59(61)53-50-47-44-41-38-35-32-27-24-21-18-15-12-9-6-3)56-63-58(60)52-49-46-43-40-37-34-31-26-23-20-17-14-11-8-5-2/h17-18,20-21,26-27,31-32,57H,4-16,19,22-25,28-30,33-56H2,1-3H3/b20-17-,21-18-,31-26-,32-27-. The van der Waals surface area contributed by atoms with Crippen LogP contribution in [-0.2, 0) is 23.8 Å². The molecule has 1 atom stereocenters. The van der Waals surface area contributed by atoms with Crippen molar-refractivity contribution in [3.8, 4) is 0 Å². The first-order valence-corrected chi connectivity index (χ1v) is 28.2. The van der Waals surface area contributed by atoms with E-state index in [1.165, 1.54) is 180 Å². The van der Waals surface area contributed by atoms with Gasteiger partial charge in [-0.1, -0.05) is 243 Å². The largest absolute Gasteiger partial charge is 0.462 e. The van der Waals surface area contributed by atoms with E-state index in [4.69, 9.17) is 14.2 Å². The summed E-state index contributed by atoms with van der Waals surface area (Å²) in [6, 6.07) is 0. The Morgan fingerprint density at radius 2 is 0.656 bits per heavy atom. The summed E-state index contributed by atoms with van der Waals surface area (Å²) in [5.41, 5.74) is 0. The molecule has 0 amide bonds. The van der Waals surface area contributed by atoms with Crippen LogP contribution in [0.5, 0.6) is 0 Å². The average Bonchev–Trinajstić information content (AvgIpc) is 3.30. The molecule has 5 heteroatoms. The molecule has 0 radical (unpaired) electrons. The average molecular weight is 898 g/mol. The molecule has 5 nitrogen and oxygen atoms in total. The predicted molar refractivity (Wildman–Crippen MR) is 279 cm³/mol. The fourth-order valence-corrected chi connectivity index (χ4v) is 8.10. The Morgan fingerprint density at radius 1 is 0.344 bits per heavy atom. The van der Waals surface area contributed by atoms with Crippen molar-refractivity contribution in [3.05, 3.63) is 48.6 Å². The second kappa shape index (κ2) is 55.2. The van der Waals surface area contributed by atoms with Gasteiger partial charge in [-0.25, -0.2) is 0 Å². The van der Waals surface area contributed by atoms with E-state index in [1.807, 2.05) is 0 Å². The van der Waals surface area contributed by atoms with Crippen molar-refractivity contribution in [1.29, 1.82) is 0 Å². The number of esters is 2. The van der Waals surface area contributed by atoms with Crippen molar-refractivity contribution in [2.24, 2.45) is 0 Å². The maximum atomic E-state index is 12.8. The monoisotopic (exact) mass is 897 g/mol. The quantitative estimate of drug-likeness (QED) is 0.0346. The summed E-state index contributed by atoms with van der Waals surface area (Å²) < 4.78 is 17.4. The van der Waals surface area contributed by atoms with Gasteiger partial charge in [0, 0.05) is 19.4 Å². The van der Waals surface area contributed by atoms with Crippen LogP contribution < -0.4 is 0 Å². The van der Waals surface area contributed by atoms with Crippen LogP contribution in [-0.4, -0.2) is 37.9 Å². The molecule has 374 valence electrons. The number of ether oxygens (including phenoxy) is 3. The number of carbonyl (C=O) groups is 2. The normalized spacial score (nSPS) is 12.5. The van der Waals surface area contributed by atoms with Crippen LogP contribution >= 0.6 is 0 Å². The SMILES string of the molecule is CCCCC/C=C\C/C=C\CCCCCCCC(=O)OCC(COCCCCCCCCCCCCCCCCCCCC)OC(=O)CCCCCCC/C=C\C/C=C\CCCCC. The van der Waals surface area contributed by atoms with E-state index in [0.29, 0.717) is 19.4 Å². The third-order valence-electron chi connectivity index (χ3n) is 12.3. The van der Waals surface area contributed by atoms with Crippen LogP contribution in [0.15, 0.2) is 48.6 Å². The second-order valence-corrected chi connectivity index (χ2v) is 18.8. The van der Waals surface area contributed by atoms with E-state index < -0.39 is 6.10 Å². The number of carbonyl (C=O) groups excluding carboxylic acids is 2. The van der Waals surface area contributed by atoms with E-state index in [2.05, 4.69) is 69.4 Å². The van der Waals surface area contributed by atoms with Crippen molar-refractivity contribution >= 4 is 11.9 Å². The first-order valence-electron chi connectivity index (χ1n) is 28.2. The molecule has 0 spiro atoms. The summed E-state index contributed by atoms with van der Waals surface area (Å²) in [5, 5.41) is 0. The van der Waals surface area contributed by atoms with Crippen molar-refractivity contribution in [1.82, 2.24) is 0 Å². The minimum atomic E-state index is -0.547. The van der Waals surface area contributed by atoms with E-state index in [0.717, 1.165) is 77.0 Å². The Bertz CT molecular complexity index is 1060. The van der Waals surface area contributed by atoms with Crippen molar-refractivity contribution in [2.45, 2.75) is 297 Å². The molecule has 0 aliphatic rings. The highest BCUT2D eigenvalue weighted by atomic mass is 16.6. The third-order valence-corrected chi connectivity index (χ3v) is 12.3. The van der Waals surface area contributed by atoms with Crippen molar-refractivity contribution in [2.75, 3.05) is 19.8 Å². The predicted octanol–water partition coefficient (Wildman–Crippen LogP) is 19.1. The maximum absolute atomic E-state index is 12.8. The summed E-state index contributed by atoms with van der Waals surface area (Å²) in [4.78, 5) is 25.5. The summed E-state index contributed by atoms with van der Waals surface area (Å²) in [6.45, 7) is 7.79. The Balaban J connectivity index is 4.27. The van der Waals surface area contributed by atoms with Crippen LogP contribution in [0.25, 0.3) is 0 Å². The lowest BCUT2D eigenvalue weighted by Gasteiger charge is -2.18. The van der Waals surface area contributed by atoms with Crippen molar-refractivity contribution in [3.63, 3.8) is 0 Å². The minimum Gasteiger partial charge on any atom is -0.462 e. The van der Waals surface area contributed by atoms with E-state index in [-0.39, 0.29) is 25.2 Å². The van der Waals surface area contributed by atoms with Crippen LogP contribution in [0, 0.1) is 0 Å². The molecular weight excluding hydrogens is 789 g/mol. The summed E-state index contributed by atoms with van der Waals surface area (Å²) in [7, 11) is 0. The number of rotatable bonds is 52. The first-order chi connectivity index (χ1) is 31.6. The molecule has 0 saturated heterocycles. The van der Waals surface area contributed by atoms with Gasteiger partial charge in [-0.15, -0.1) is 0 Å². The molecule has 0 fully saturated rings. The lowest BCUT2D eigenvalue weighted by Crippen LogP contribution is -2.30. The van der Waals surface area contributed by atoms with Gasteiger partial charge in [0.1, 0.15) is 6.61 Å². The fourth-order valence-electron chi connectivity index (χ4n) is 8.10. The Morgan fingerprint density at radius 3 is 1.06 bits per heavy atom. The molecule has 0 aliphatic carbocycles. The van der Waals surface area contributed by atoms with Crippen LogP contribution in [0.1, 0.15) is 290 Å². The van der Waals surface area contributed by atoms with Gasteiger partial charge >= 0.3 is 11.9 Å². The molecule has 0 N–H and O–H groups in total. The van der Waals surface area contributed by atoms with Gasteiger partial charge in [0.05, 0.1) is 6.61 Å². The maximum Gasteiger partial charge on any atom is 0.306 e. The van der Waals surface area contributed by atoms with Gasteiger partial charge < -0.3 is 14.2 Å². The van der Waals surface area contributed by atoms with Gasteiger partial charge in [-0.05, 0) is 83.5 Å². The third kappa shape index (κ3) is 52.5. The van der Waals surface area contributed by atoms with E-state index in [1.54, 1.807) is 0 Å². The summed E-state index contributed by atoms with van der Waals surface area (Å²) >= 11 is 0.